The number of β-lactam (4-membered cyclic amide) rings is 1. The topological polar surface area (TPSA) is 125 Å². The Kier molecular flexibility index (Phi) is 9.08. The second-order valence-corrected chi connectivity index (χ2v) is 8.92. The van der Waals surface area contributed by atoms with Crippen LogP contribution in [0.4, 0.5) is 0 Å². The second kappa shape index (κ2) is 11.5. The molecule has 178 valence electrons. The average Bonchev–Trinajstić information content (AvgIpc) is 3.17. The molecule has 35 heavy (non-hydrogen) atoms. The normalized spacial score (nSPS) is 19.3. The molecule has 1 N–H and O–H groups in total. The summed E-state index contributed by atoms with van der Waals surface area (Å²) in [5.41, 5.74) is 1.10. The first-order valence-electron chi connectivity index (χ1n) is 10.4. The summed E-state index contributed by atoms with van der Waals surface area (Å²) >= 11 is 1.15. The molecule has 0 saturated carbocycles. The maximum atomic E-state index is 12.7. The van der Waals surface area contributed by atoms with E-state index < -0.39 is 35.2 Å². The van der Waals surface area contributed by atoms with E-state index in [1.165, 1.54) is 27.2 Å². The number of carboxylic acids is 1. The van der Waals surface area contributed by atoms with E-state index in [-0.39, 0.29) is 69.3 Å². The molecule has 4 rings (SSSR count). The van der Waals surface area contributed by atoms with Crippen molar-refractivity contribution in [2.45, 2.75) is 25.0 Å². The molecular formula is C24H22KNO8S. The maximum absolute atomic E-state index is 12.7. The molecular weight excluding hydrogens is 501 g/mol. The molecule has 1 saturated heterocycles. The Morgan fingerprint density at radius 1 is 1.14 bits per heavy atom. The molecule has 0 spiro atoms. The van der Waals surface area contributed by atoms with E-state index in [1.807, 2.05) is 0 Å². The van der Waals surface area contributed by atoms with E-state index in [2.05, 4.69) is 0 Å². The van der Waals surface area contributed by atoms with Gasteiger partial charge >= 0.3 is 57.4 Å². The van der Waals surface area contributed by atoms with Crippen LogP contribution in [0.2, 0.25) is 0 Å². The van der Waals surface area contributed by atoms with Gasteiger partial charge in [0.15, 0.2) is 11.5 Å². The number of carboxylic acid groups (broad SMARTS) is 1. The summed E-state index contributed by atoms with van der Waals surface area (Å²) < 4.78 is 15.9. The van der Waals surface area contributed by atoms with Gasteiger partial charge in [0.25, 0.3) is 0 Å². The van der Waals surface area contributed by atoms with E-state index in [1.54, 1.807) is 36.4 Å². The van der Waals surface area contributed by atoms with Gasteiger partial charge in [-0.3, -0.25) is 9.69 Å². The quantitative estimate of drug-likeness (QED) is 0.247. The van der Waals surface area contributed by atoms with E-state index in [0.29, 0.717) is 27.5 Å². The third kappa shape index (κ3) is 5.31. The number of aliphatic hydroxyl groups excluding tert-OH is 1. The van der Waals surface area contributed by atoms with Crippen LogP contribution in [0.15, 0.2) is 48.2 Å². The molecule has 3 atom stereocenters. The smallest absolute Gasteiger partial charge is 0.543 e. The number of aliphatic hydroxyl groups is 1. The summed E-state index contributed by atoms with van der Waals surface area (Å²) in [6.45, 7) is 1.48. The molecule has 1 fully saturated rings. The molecule has 2 aromatic rings. The van der Waals surface area contributed by atoms with Gasteiger partial charge in [-0.2, -0.15) is 0 Å². The maximum Gasteiger partial charge on any atom is 1.00 e. The molecule has 2 aliphatic heterocycles. The van der Waals surface area contributed by atoms with E-state index in [4.69, 9.17) is 14.2 Å². The van der Waals surface area contributed by atoms with Crippen molar-refractivity contribution in [1.29, 1.82) is 0 Å². The molecule has 0 bridgehead atoms. The number of hydrogen-bond donors (Lipinski definition) is 1. The standard InChI is InChI=1S/C24H23NO8S.K/c1-12(26)18-21(27)25-19(23(28)29)20(34-22(18)25)14-5-4-6-15(10-14)24(30)33-11-13-7-8-16(31-2)17(9-13)32-3;/h4-10,12,18,22,26H,11H2,1-3H3,(H,28,29);/q;+1/p-1/t12-,18+,22-;/m1./s1. The minimum absolute atomic E-state index is 0. The van der Waals surface area contributed by atoms with Crippen molar-refractivity contribution < 1.29 is 90.2 Å². The first-order valence-corrected chi connectivity index (χ1v) is 11.3. The van der Waals surface area contributed by atoms with Crippen LogP contribution < -0.4 is 66.0 Å². The largest absolute Gasteiger partial charge is 1.00 e. The van der Waals surface area contributed by atoms with Crippen molar-refractivity contribution in [3.8, 4) is 11.5 Å². The third-order valence-corrected chi connectivity index (χ3v) is 7.08. The zero-order valence-electron chi connectivity index (χ0n) is 19.6. The number of ether oxygens (including phenoxy) is 3. The van der Waals surface area contributed by atoms with Gasteiger partial charge in [0.1, 0.15) is 12.0 Å². The van der Waals surface area contributed by atoms with Crippen LogP contribution in [0.3, 0.4) is 0 Å². The zero-order valence-corrected chi connectivity index (χ0v) is 23.6. The Morgan fingerprint density at radius 3 is 2.49 bits per heavy atom. The van der Waals surface area contributed by atoms with Crippen LogP contribution in [-0.2, 0) is 20.9 Å². The van der Waals surface area contributed by atoms with Gasteiger partial charge in [0, 0.05) is 4.91 Å². The number of rotatable bonds is 8. The average molecular weight is 524 g/mol. The molecule has 11 heteroatoms. The summed E-state index contributed by atoms with van der Waals surface area (Å²) in [5, 5.41) is 21.2. The van der Waals surface area contributed by atoms with Crippen LogP contribution >= 0.6 is 11.8 Å². The van der Waals surface area contributed by atoms with Crippen LogP contribution in [0, 0.1) is 5.92 Å². The fraction of sp³-hybridized carbons (Fsp3) is 0.292. The fourth-order valence-corrected chi connectivity index (χ4v) is 5.57. The number of carbonyl (C=O) groups excluding carboxylic acids is 3. The number of aliphatic carboxylic acids is 1. The van der Waals surface area contributed by atoms with Crippen LogP contribution in [0.1, 0.15) is 28.4 Å². The van der Waals surface area contributed by atoms with Crippen molar-refractivity contribution in [2.75, 3.05) is 14.2 Å². The molecule has 0 aromatic heterocycles. The molecule has 1 amide bonds. The SMILES string of the molecule is COc1ccc(COC(=O)c2cccc(C3=C(C(=O)[O-])N4C(=O)[C@H]([C@@H](C)O)[C@H]4S3)c2)cc1OC.[K+]. The summed E-state index contributed by atoms with van der Waals surface area (Å²) in [6, 6.07) is 11.5. The number of fused-ring (bicyclic) bond motifs is 1. The van der Waals surface area contributed by atoms with Gasteiger partial charge in [0.2, 0.25) is 5.91 Å². The van der Waals surface area contributed by atoms with Crippen molar-refractivity contribution in [3.05, 3.63) is 64.9 Å². The number of carbonyl (C=O) groups is 3. The zero-order chi connectivity index (χ0) is 24.6. The number of hydrogen-bond acceptors (Lipinski definition) is 9. The summed E-state index contributed by atoms with van der Waals surface area (Å²) in [5.74, 6) is -2.20. The number of methoxy groups -OCH3 is 2. The van der Waals surface area contributed by atoms with Crippen molar-refractivity contribution >= 4 is 34.5 Å². The van der Waals surface area contributed by atoms with E-state index in [0.717, 1.165) is 16.7 Å². The van der Waals surface area contributed by atoms with Gasteiger partial charge in [-0.1, -0.05) is 30.0 Å². The van der Waals surface area contributed by atoms with Crippen LogP contribution in [0.25, 0.3) is 4.91 Å². The Hall–Kier alpha value is -1.86. The third-order valence-electron chi connectivity index (χ3n) is 5.67. The number of thioether (sulfide) groups is 1. The van der Waals surface area contributed by atoms with Crippen molar-refractivity contribution in [1.82, 2.24) is 4.90 Å². The van der Waals surface area contributed by atoms with Gasteiger partial charge in [-0.25, -0.2) is 4.79 Å². The van der Waals surface area contributed by atoms with Gasteiger partial charge in [0.05, 0.1) is 43.5 Å². The molecule has 2 aliphatic rings. The molecule has 2 aromatic carbocycles. The first kappa shape index (κ1) is 27.7. The van der Waals surface area contributed by atoms with Gasteiger partial charge < -0.3 is 29.2 Å². The Balaban J connectivity index is 0.00000342. The number of nitrogens with zero attached hydrogens (tertiary/aromatic N) is 1. The van der Waals surface area contributed by atoms with Gasteiger partial charge in [-0.15, -0.1) is 0 Å². The number of amides is 1. The number of esters is 1. The van der Waals surface area contributed by atoms with E-state index >= 15 is 0 Å². The van der Waals surface area contributed by atoms with Crippen LogP contribution in [0.5, 0.6) is 11.5 Å². The predicted octanol–water partition coefficient (Wildman–Crippen LogP) is -1.60. The Morgan fingerprint density at radius 2 is 1.86 bits per heavy atom. The van der Waals surface area contributed by atoms with E-state index in [9.17, 15) is 24.6 Å². The Labute approximate surface area is 248 Å². The monoisotopic (exact) mass is 523 g/mol. The second-order valence-electron chi connectivity index (χ2n) is 7.79. The minimum atomic E-state index is -1.50. The van der Waals surface area contributed by atoms with Crippen molar-refractivity contribution in [2.24, 2.45) is 5.92 Å². The Bertz CT molecular complexity index is 1200. The predicted molar refractivity (Wildman–Crippen MR) is 120 cm³/mol. The van der Waals surface area contributed by atoms with Crippen molar-refractivity contribution in [3.63, 3.8) is 0 Å². The number of benzene rings is 2. The summed E-state index contributed by atoms with van der Waals surface area (Å²) in [4.78, 5) is 38.3. The molecule has 0 unspecified atom stereocenters. The van der Waals surface area contributed by atoms with Crippen LogP contribution in [-0.4, -0.2) is 53.5 Å². The molecule has 2 heterocycles. The summed E-state index contributed by atoms with van der Waals surface area (Å²) in [7, 11) is 3.03. The molecule has 0 aliphatic carbocycles. The molecule has 9 nitrogen and oxygen atoms in total. The first-order chi connectivity index (χ1) is 16.3. The van der Waals surface area contributed by atoms with Gasteiger partial charge in [-0.05, 0) is 42.3 Å². The molecule has 0 radical (unpaired) electrons. The summed E-state index contributed by atoms with van der Waals surface area (Å²) in [6.07, 6.45) is -0.915. The fourth-order valence-electron chi connectivity index (χ4n) is 3.97. The minimum Gasteiger partial charge on any atom is -0.543 e.